The van der Waals surface area contributed by atoms with Crippen molar-refractivity contribution < 1.29 is 9.53 Å². The van der Waals surface area contributed by atoms with Crippen LogP contribution in [0, 0.1) is 0 Å². The molecule has 0 atom stereocenters. The number of nitrogens with zero attached hydrogens (tertiary/aromatic N) is 2. The maximum Gasteiger partial charge on any atom is 0.261 e. The van der Waals surface area contributed by atoms with Gasteiger partial charge in [0, 0.05) is 5.92 Å². The summed E-state index contributed by atoms with van der Waals surface area (Å²) in [6.07, 6.45) is 2.36. The van der Waals surface area contributed by atoms with E-state index in [1.54, 1.807) is 12.1 Å². The van der Waals surface area contributed by atoms with E-state index in [-0.39, 0.29) is 12.0 Å². The summed E-state index contributed by atoms with van der Waals surface area (Å²) < 4.78 is 5.66. The molecule has 21 heavy (non-hydrogen) atoms. The van der Waals surface area contributed by atoms with Crippen molar-refractivity contribution in [3.63, 3.8) is 0 Å². The maximum atomic E-state index is 12.4. The first-order valence-corrected chi connectivity index (χ1v) is 7.85. The zero-order valence-corrected chi connectivity index (χ0v) is 12.8. The van der Waals surface area contributed by atoms with Crippen LogP contribution >= 0.6 is 11.3 Å². The topological polar surface area (TPSA) is 64.1 Å². The maximum absolute atomic E-state index is 12.4. The average Bonchev–Trinajstić information content (AvgIpc) is 3.19. The molecule has 1 amide bonds. The third-order valence-corrected chi connectivity index (χ3v) is 4.08. The van der Waals surface area contributed by atoms with E-state index in [0.717, 1.165) is 5.01 Å². The van der Waals surface area contributed by atoms with Gasteiger partial charge in [0.15, 0.2) is 0 Å². The zero-order chi connectivity index (χ0) is 14.8. The monoisotopic (exact) mass is 303 g/mol. The molecule has 0 aliphatic heterocycles. The van der Waals surface area contributed by atoms with E-state index in [1.165, 1.54) is 24.2 Å². The van der Waals surface area contributed by atoms with E-state index in [9.17, 15) is 4.79 Å². The van der Waals surface area contributed by atoms with Gasteiger partial charge in [-0.25, -0.2) is 0 Å². The van der Waals surface area contributed by atoms with Crippen LogP contribution in [0.15, 0.2) is 24.3 Å². The van der Waals surface area contributed by atoms with Crippen molar-refractivity contribution in [3.05, 3.63) is 34.8 Å². The van der Waals surface area contributed by atoms with Crippen LogP contribution in [0.5, 0.6) is 5.75 Å². The average molecular weight is 303 g/mol. The highest BCUT2D eigenvalue weighted by Gasteiger charge is 2.28. The van der Waals surface area contributed by atoms with Gasteiger partial charge in [0.1, 0.15) is 10.8 Å². The van der Waals surface area contributed by atoms with Crippen LogP contribution in [0.1, 0.15) is 48.0 Å². The number of anilines is 1. The number of para-hydroxylation sites is 1. The van der Waals surface area contributed by atoms with Gasteiger partial charge in [0.05, 0.1) is 11.7 Å². The second kappa shape index (κ2) is 5.81. The summed E-state index contributed by atoms with van der Waals surface area (Å²) in [5.41, 5.74) is 0.509. The van der Waals surface area contributed by atoms with Crippen LogP contribution in [-0.2, 0) is 0 Å². The standard InChI is InChI=1S/C15H17N3O2S/c1-9(2)20-12-6-4-3-5-11(12)13(19)16-15-18-17-14(21-15)10-7-8-10/h3-6,9-10H,7-8H2,1-2H3,(H,16,18,19). The van der Waals surface area contributed by atoms with Gasteiger partial charge >= 0.3 is 0 Å². The van der Waals surface area contributed by atoms with Gasteiger partial charge in [-0.05, 0) is 38.8 Å². The molecule has 1 aliphatic carbocycles. The van der Waals surface area contributed by atoms with E-state index in [1.807, 2.05) is 26.0 Å². The van der Waals surface area contributed by atoms with Crippen LogP contribution < -0.4 is 10.1 Å². The van der Waals surface area contributed by atoms with E-state index in [4.69, 9.17) is 4.74 Å². The van der Waals surface area contributed by atoms with Gasteiger partial charge in [-0.15, -0.1) is 10.2 Å². The number of carbonyl (C=O) groups excluding carboxylic acids is 1. The molecule has 0 spiro atoms. The molecule has 6 heteroatoms. The number of carbonyl (C=O) groups is 1. The Morgan fingerprint density at radius 3 is 2.81 bits per heavy atom. The number of ether oxygens (including phenoxy) is 1. The first-order chi connectivity index (χ1) is 10.1. The third kappa shape index (κ3) is 3.39. The second-order valence-corrected chi connectivity index (χ2v) is 6.35. The van der Waals surface area contributed by atoms with Gasteiger partial charge in [0.25, 0.3) is 5.91 Å². The molecule has 0 saturated heterocycles. The first kappa shape index (κ1) is 14.0. The van der Waals surface area contributed by atoms with Crippen LogP contribution in [0.2, 0.25) is 0 Å². The molecule has 0 radical (unpaired) electrons. The van der Waals surface area contributed by atoms with Crippen molar-refractivity contribution in [1.29, 1.82) is 0 Å². The molecule has 1 aliphatic rings. The highest BCUT2D eigenvalue weighted by molar-refractivity contribution is 7.15. The van der Waals surface area contributed by atoms with E-state index >= 15 is 0 Å². The minimum Gasteiger partial charge on any atom is -0.490 e. The summed E-state index contributed by atoms with van der Waals surface area (Å²) in [4.78, 5) is 12.4. The molecule has 110 valence electrons. The number of rotatable bonds is 5. The highest BCUT2D eigenvalue weighted by atomic mass is 32.1. The van der Waals surface area contributed by atoms with Crippen LogP contribution in [0.25, 0.3) is 0 Å². The second-order valence-electron chi connectivity index (χ2n) is 5.34. The fourth-order valence-electron chi connectivity index (χ4n) is 1.96. The Bertz CT molecular complexity index is 650. The smallest absolute Gasteiger partial charge is 0.261 e. The van der Waals surface area contributed by atoms with E-state index in [2.05, 4.69) is 15.5 Å². The summed E-state index contributed by atoms with van der Waals surface area (Å²) >= 11 is 1.45. The lowest BCUT2D eigenvalue weighted by molar-refractivity contribution is 0.102. The Balaban J connectivity index is 1.74. The summed E-state index contributed by atoms with van der Waals surface area (Å²) in [6, 6.07) is 7.21. The van der Waals surface area contributed by atoms with Crippen molar-refractivity contribution in [2.45, 2.75) is 38.7 Å². The van der Waals surface area contributed by atoms with Gasteiger partial charge in [-0.1, -0.05) is 23.5 Å². The van der Waals surface area contributed by atoms with Crippen molar-refractivity contribution in [2.24, 2.45) is 0 Å². The molecule has 1 fully saturated rings. The highest BCUT2D eigenvalue weighted by Crippen LogP contribution is 2.42. The molecule has 0 bridgehead atoms. The molecular formula is C15H17N3O2S. The lowest BCUT2D eigenvalue weighted by atomic mass is 10.2. The van der Waals surface area contributed by atoms with Gasteiger partial charge in [0.2, 0.25) is 5.13 Å². The minimum atomic E-state index is -0.218. The molecule has 0 unspecified atom stereocenters. The zero-order valence-electron chi connectivity index (χ0n) is 12.0. The summed E-state index contributed by atoms with van der Waals surface area (Å²) in [5.74, 6) is 0.909. The Morgan fingerprint density at radius 1 is 1.33 bits per heavy atom. The Morgan fingerprint density at radius 2 is 2.10 bits per heavy atom. The Hall–Kier alpha value is -1.95. The first-order valence-electron chi connectivity index (χ1n) is 7.04. The van der Waals surface area contributed by atoms with Crippen molar-refractivity contribution in [3.8, 4) is 5.75 Å². The van der Waals surface area contributed by atoms with Gasteiger partial charge in [-0.3, -0.25) is 10.1 Å². The Labute approximate surface area is 127 Å². The molecular weight excluding hydrogens is 286 g/mol. The molecule has 1 heterocycles. The number of amides is 1. The van der Waals surface area contributed by atoms with Gasteiger partial charge < -0.3 is 4.74 Å². The minimum absolute atomic E-state index is 0.0157. The molecule has 1 aromatic carbocycles. The lowest BCUT2D eigenvalue weighted by Crippen LogP contribution is -2.15. The predicted molar refractivity (Wildman–Crippen MR) is 82.0 cm³/mol. The third-order valence-electron chi connectivity index (χ3n) is 3.08. The number of benzene rings is 1. The van der Waals surface area contributed by atoms with Crippen molar-refractivity contribution >= 4 is 22.4 Å². The SMILES string of the molecule is CC(C)Oc1ccccc1C(=O)Nc1nnc(C2CC2)s1. The van der Waals surface area contributed by atoms with Crippen LogP contribution in [0.4, 0.5) is 5.13 Å². The molecule has 1 N–H and O–H groups in total. The number of nitrogens with one attached hydrogen (secondary N) is 1. The van der Waals surface area contributed by atoms with Crippen LogP contribution in [0.3, 0.4) is 0 Å². The molecule has 2 aromatic rings. The predicted octanol–water partition coefficient (Wildman–Crippen LogP) is 3.46. The van der Waals surface area contributed by atoms with Crippen molar-refractivity contribution in [1.82, 2.24) is 10.2 Å². The van der Waals surface area contributed by atoms with Crippen molar-refractivity contribution in [2.75, 3.05) is 5.32 Å². The van der Waals surface area contributed by atoms with Gasteiger partial charge in [-0.2, -0.15) is 0 Å². The number of aromatic nitrogens is 2. The lowest BCUT2D eigenvalue weighted by Gasteiger charge is -2.13. The number of hydrogen-bond donors (Lipinski definition) is 1. The quantitative estimate of drug-likeness (QED) is 0.918. The summed E-state index contributed by atoms with van der Waals surface area (Å²) in [6.45, 7) is 3.86. The van der Waals surface area contributed by atoms with Crippen LogP contribution in [-0.4, -0.2) is 22.2 Å². The summed E-state index contributed by atoms with van der Waals surface area (Å²) in [7, 11) is 0. The fourth-order valence-corrected chi connectivity index (χ4v) is 2.86. The largest absolute Gasteiger partial charge is 0.490 e. The van der Waals surface area contributed by atoms with E-state index in [0.29, 0.717) is 22.4 Å². The molecule has 1 aromatic heterocycles. The van der Waals surface area contributed by atoms with E-state index < -0.39 is 0 Å². The normalized spacial score (nSPS) is 14.2. The fraction of sp³-hybridized carbons (Fsp3) is 0.400. The summed E-state index contributed by atoms with van der Waals surface area (Å²) in [5, 5.41) is 12.5. The molecule has 5 nitrogen and oxygen atoms in total. The number of hydrogen-bond acceptors (Lipinski definition) is 5. The Kier molecular flexibility index (Phi) is 3.88. The molecule has 3 rings (SSSR count). The molecule has 1 saturated carbocycles.